The topological polar surface area (TPSA) is 57.5 Å². The largest absolute Gasteiger partial charge is 0.479 e. The molecule has 0 aliphatic heterocycles. The average molecular weight is 318 g/mol. The second-order valence-electron chi connectivity index (χ2n) is 5.66. The Balaban J connectivity index is 2.02. The van der Waals surface area contributed by atoms with Crippen molar-refractivity contribution in [2.75, 3.05) is 0 Å². The van der Waals surface area contributed by atoms with Gasteiger partial charge in [0.2, 0.25) is 0 Å². The van der Waals surface area contributed by atoms with E-state index < -0.39 is 12.1 Å². The second-order valence-corrected chi connectivity index (χ2v) is 5.66. The van der Waals surface area contributed by atoms with E-state index in [0.717, 1.165) is 16.7 Å². The van der Waals surface area contributed by atoms with Gasteiger partial charge < -0.3 is 10.2 Å². The van der Waals surface area contributed by atoms with Crippen LogP contribution in [0.5, 0.6) is 0 Å². The maximum Gasteiger partial charge on any atom is 0.337 e. The van der Waals surface area contributed by atoms with Crippen LogP contribution in [0.1, 0.15) is 34.3 Å². The number of carbonyl (C=O) groups is 1. The Labute approximate surface area is 140 Å². The first-order chi connectivity index (χ1) is 11.7. The summed E-state index contributed by atoms with van der Waals surface area (Å²) in [4.78, 5) is 10.9. The first-order valence-corrected chi connectivity index (χ1v) is 7.77. The number of hydrogen-bond acceptors (Lipinski definition) is 2. The molecule has 0 heterocycles. The lowest BCUT2D eigenvalue weighted by Crippen LogP contribution is -2.10. The van der Waals surface area contributed by atoms with E-state index in [0.29, 0.717) is 5.56 Å². The van der Waals surface area contributed by atoms with Crippen molar-refractivity contribution in [2.24, 2.45) is 0 Å². The zero-order valence-electron chi connectivity index (χ0n) is 13.0. The number of aliphatic carboxylic acids is 1. The molecule has 0 amide bonds. The number of benzene rings is 3. The molecule has 3 nitrogen and oxygen atoms in total. The summed E-state index contributed by atoms with van der Waals surface area (Å²) in [6.07, 6.45) is -1.49. The van der Waals surface area contributed by atoms with E-state index in [4.69, 9.17) is 5.11 Å². The maximum absolute atomic E-state index is 10.9. The third-order valence-corrected chi connectivity index (χ3v) is 4.09. The third kappa shape index (κ3) is 3.36. The molecule has 0 aliphatic rings. The fourth-order valence-electron chi connectivity index (χ4n) is 2.88. The van der Waals surface area contributed by atoms with Crippen molar-refractivity contribution in [3.05, 3.63) is 107 Å². The third-order valence-electron chi connectivity index (χ3n) is 4.09. The van der Waals surface area contributed by atoms with Crippen LogP contribution >= 0.6 is 0 Å². The zero-order chi connectivity index (χ0) is 16.9. The summed E-state index contributed by atoms with van der Waals surface area (Å²) in [6, 6.07) is 27.4. The lowest BCUT2D eigenvalue weighted by molar-refractivity contribution is -0.146. The van der Waals surface area contributed by atoms with Crippen molar-refractivity contribution >= 4 is 5.97 Å². The number of aliphatic hydroxyl groups is 1. The van der Waals surface area contributed by atoms with Crippen LogP contribution in [0.4, 0.5) is 0 Å². The minimum atomic E-state index is -1.49. The van der Waals surface area contributed by atoms with Crippen molar-refractivity contribution in [3.63, 3.8) is 0 Å². The molecule has 0 aliphatic carbocycles. The van der Waals surface area contributed by atoms with Gasteiger partial charge in [-0.2, -0.15) is 0 Å². The Morgan fingerprint density at radius 3 is 1.42 bits per heavy atom. The Kier molecular flexibility index (Phi) is 4.73. The van der Waals surface area contributed by atoms with E-state index in [2.05, 4.69) is 24.3 Å². The van der Waals surface area contributed by atoms with Crippen LogP contribution < -0.4 is 0 Å². The monoisotopic (exact) mass is 318 g/mol. The van der Waals surface area contributed by atoms with Crippen LogP contribution in [0, 0.1) is 0 Å². The summed E-state index contributed by atoms with van der Waals surface area (Å²) in [5.74, 6) is -1.19. The van der Waals surface area contributed by atoms with Gasteiger partial charge in [0.05, 0.1) is 0 Å². The summed E-state index contributed by atoms with van der Waals surface area (Å²) in [7, 11) is 0. The number of hydrogen-bond donors (Lipinski definition) is 2. The lowest BCUT2D eigenvalue weighted by Gasteiger charge is -2.19. The summed E-state index contributed by atoms with van der Waals surface area (Å²) >= 11 is 0. The smallest absolute Gasteiger partial charge is 0.337 e. The van der Waals surface area contributed by atoms with Gasteiger partial charge in [0.15, 0.2) is 6.10 Å². The number of rotatable bonds is 5. The number of carboxylic acid groups (broad SMARTS) is 1. The second kappa shape index (κ2) is 7.11. The predicted octanol–water partition coefficient (Wildman–Crippen LogP) is 3.98. The molecule has 0 radical (unpaired) electrons. The average Bonchev–Trinajstić information content (AvgIpc) is 2.64. The van der Waals surface area contributed by atoms with Gasteiger partial charge >= 0.3 is 5.97 Å². The molecular formula is C21H18O3. The molecule has 0 bridgehead atoms. The van der Waals surface area contributed by atoms with Gasteiger partial charge in [0.1, 0.15) is 0 Å². The normalized spacial score (nSPS) is 12.1. The lowest BCUT2D eigenvalue weighted by atomic mass is 9.85. The van der Waals surface area contributed by atoms with E-state index in [1.807, 2.05) is 48.5 Å². The fraction of sp³-hybridized carbons (Fsp3) is 0.0952. The van der Waals surface area contributed by atoms with Crippen LogP contribution in [0.2, 0.25) is 0 Å². The van der Waals surface area contributed by atoms with Gasteiger partial charge in [-0.25, -0.2) is 4.79 Å². The molecule has 0 aromatic heterocycles. The fourth-order valence-corrected chi connectivity index (χ4v) is 2.88. The van der Waals surface area contributed by atoms with E-state index >= 15 is 0 Å². The summed E-state index contributed by atoms with van der Waals surface area (Å²) in [5.41, 5.74) is 3.75. The molecule has 120 valence electrons. The van der Waals surface area contributed by atoms with Gasteiger partial charge in [0, 0.05) is 5.92 Å². The molecule has 0 spiro atoms. The van der Waals surface area contributed by atoms with Gasteiger partial charge in [0.25, 0.3) is 0 Å². The van der Waals surface area contributed by atoms with E-state index in [9.17, 15) is 9.90 Å². The van der Waals surface area contributed by atoms with E-state index in [1.165, 1.54) is 0 Å². The Morgan fingerprint density at radius 1 is 0.625 bits per heavy atom. The van der Waals surface area contributed by atoms with Crippen LogP contribution in [-0.4, -0.2) is 16.2 Å². The minimum Gasteiger partial charge on any atom is -0.479 e. The van der Waals surface area contributed by atoms with Gasteiger partial charge in [-0.05, 0) is 22.3 Å². The number of aliphatic hydroxyl groups excluding tert-OH is 1. The molecule has 24 heavy (non-hydrogen) atoms. The SMILES string of the molecule is O=C(O)C(O)c1ccc(C(c2ccccc2)c2ccccc2)cc1. The highest BCUT2D eigenvalue weighted by Gasteiger charge is 2.19. The van der Waals surface area contributed by atoms with Crippen LogP contribution in [0.25, 0.3) is 0 Å². The zero-order valence-corrected chi connectivity index (χ0v) is 13.0. The van der Waals surface area contributed by atoms with Crippen molar-refractivity contribution in [1.29, 1.82) is 0 Å². The van der Waals surface area contributed by atoms with Crippen molar-refractivity contribution in [2.45, 2.75) is 12.0 Å². The van der Waals surface area contributed by atoms with E-state index in [1.54, 1.807) is 12.1 Å². The molecule has 0 saturated heterocycles. The standard InChI is InChI=1S/C21H18O3/c22-20(21(23)24)18-13-11-17(12-14-18)19(15-7-3-1-4-8-15)16-9-5-2-6-10-16/h1-14,19-20,22H,(H,23,24). The Morgan fingerprint density at radius 2 is 1.00 bits per heavy atom. The molecule has 1 atom stereocenters. The molecule has 0 saturated carbocycles. The Bertz CT molecular complexity index is 756. The van der Waals surface area contributed by atoms with Crippen LogP contribution in [0.3, 0.4) is 0 Å². The van der Waals surface area contributed by atoms with Crippen molar-refractivity contribution in [3.8, 4) is 0 Å². The van der Waals surface area contributed by atoms with Gasteiger partial charge in [-0.3, -0.25) is 0 Å². The summed E-state index contributed by atoms with van der Waals surface area (Å²) in [5, 5.41) is 18.6. The maximum atomic E-state index is 10.9. The van der Waals surface area contributed by atoms with Gasteiger partial charge in [-0.1, -0.05) is 84.9 Å². The predicted molar refractivity (Wildman–Crippen MR) is 92.9 cm³/mol. The highest BCUT2D eigenvalue weighted by Crippen LogP contribution is 2.32. The van der Waals surface area contributed by atoms with Crippen LogP contribution in [-0.2, 0) is 4.79 Å². The molecule has 1 unspecified atom stereocenters. The molecule has 3 heteroatoms. The van der Waals surface area contributed by atoms with Crippen molar-refractivity contribution < 1.29 is 15.0 Å². The minimum absolute atomic E-state index is 0.0587. The first-order valence-electron chi connectivity index (χ1n) is 7.77. The van der Waals surface area contributed by atoms with Crippen molar-refractivity contribution in [1.82, 2.24) is 0 Å². The summed E-state index contributed by atoms with van der Waals surface area (Å²) in [6.45, 7) is 0. The highest BCUT2D eigenvalue weighted by atomic mass is 16.4. The molecule has 3 aromatic rings. The van der Waals surface area contributed by atoms with E-state index in [-0.39, 0.29) is 5.92 Å². The molecule has 2 N–H and O–H groups in total. The Hall–Kier alpha value is -2.91. The van der Waals surface area contributed by atoms with Crippen LogP contribution in [0.15, 0.2) is 84.9 Å². The first kappa shape index (κ1) is 16.0. The molecule has 3 aromatic carbocycles. The van der Waals surface area contributed by atoms with Gasteiger partial charge in [-0.15, -0.1) is 0 Å². The highest BCUT2D eigenvalue weighted by molar-refractivity contribution is 5.74. The summed E-state index contributed by atoms with van der Waals surface area (Å²) < 4.78 is 0. The number of carboxylic acids is 1. The molecule has 3 rings (SSSR count). The molecule has 0 fully saturated rings. The quantitative estimate of drug-likeness (QED) is 0.700. The molecular weight excluding hydrogens is 300 g/mol.